The van der Waals surface area contributed by atoms with Crippen LogP contribution in [0.5, 0.6) is 0 Å². The summed E-state index contributed by atoms with van der Waals surface area (Å²) in [5.41, 5.74) is 6.59. The van der Waals surface area contributed by atoms with E-state index in [0.717, 1.165) is 51.9 Å². The molecule has 7 heteroatoms. The Bertz CT molecular complexity index is 1480. The van der Waals surface area contributed by atoms with E-state index in [4.69, 9.17) is 11.6 Å². The van der Waals surface area contributed by atoms with Crippen molar-refractivity contribution in [3.05, 3.63) is 71.4 Å². The van der Waals surface area contributed by atoms with Gasteiger partial charge in [0.15, 0.2) is 0 Å². The number of rotatable bonds is 7. The number of hydrogen-bond acceptors (Lipinski definition) is 5. The molecule has 2 heterocycles. The number of halogens is 1. The van der Waals surface area contributed by atoms with Crippen LogP contribution in [-0.2, 0) is 9.53 Å². The Hall–Kier alpha value is -3.82. The molecule has 4 aromatic rings. The van der Waals surface area contributed by atoms with Crippen LogP contribution in [0.4, 0.5) is 5.69 Å². The van der Waals surface area contributed by atoms with Gasteiger partial charge in [0.25, 0.3) is 6.47 Å². The highest BCUT2D eigenvalue weighted by atomic mass is 35.5. The minimum absolute atomic E-state index is 0.160. The third kappa shape index (κ3) is 5.12. The lowest BCUT2D eigenvalue weighted by Gasteiger charge is -2.30. The Morgan fingerprint density at radius 2 is 1.92 bits per heavy atom. The lowest BCUT2D eigenvalue weighted by Crippen LogP contribution is -2.17. The summed E-state index contributed by atoms with van der Waals surface area (Å²) in [6.07, 6.45) is 7.89. The number of anilines is 1. The van der Waals surface area contributed by atoms with Gasteiger partial charge < -0.3 is 14.6 Å². The predicted octanol–water partition coefficient (Wildman–Crippen LogP) is 7.62. The summed E-state index contributed by atoms with van der Waals surface area (Å²) in [6, 6.07) is 21.0. The van der Waals surface area contributed by atoms with Crippen LogP contribution in [0.1, 0.15) is 50.6 Å². The molecule has 2 aromatic heterocycles. The van der Waals surface area contributed by atoms with E-state index in [1.54, 1.807) is 0 Å². The van der Waals surface area contributed by atoms with E-state index in [-0.39, 0.29) is 6.10 Å². The van der Waals surface area contributed by atoms with E-state index in [0.29, 0.717) is 29.0 Å². The van der Waals surface area contributed by atoms with Gasteiger partial charge in [-0.05, 0) is 75.3 Å². The molecule has 1 N–H and O–H groups in total. The van der Waals surface area contributed by atoms with Gasteiger partial charge in [0, 0.05) is 35.8 Å². The highest BCUT2D eigenvalue weighted by Gasteiger charge is 2.29. The third-order valence-electron chi connectivity index (χ3n) is 7.58. The summed E-state index contributed by atoms with van der Waals surface area (Å²) >= 11 is 6.50. The Morgan fingerprint density at radius 1 is 1.13 bits per heavy atom. The Labute approximate surface area is 228 Å². The van der Waals surface area contributed by atoms with Crippen molar-refractivity contribution >= 4 is 34.7 Å². The zero-order valence-corrected chi connectivity index (χ0v) is 22.4. The minimum Gasteiger partial charge on any atom is -0.465 e. The van der Waals surface area contributed by atoms with Gasteiger partial charge in [0.05, 0.1) is 33.2 Å². The Kier molecular flexibility index (Phi) is 7.67. The molecule has 0 spiro atoms. The molecule has 2 aliphatic rings. The van der Waals surface area contributed by atoms with Crippen LogP contribution in [0.25, 0.3) is 33.4 Å². The van der Waals surface area contributed by atoms with Crippen molar-refractivity contribution in [2.75, 3.05) is 12.4 Å². The molecule has 1 atom stereocenters. The number of aromatic nitrogens is 2. The van der Waals surface area contributed by atoms with Crippen molar-refractivity contribution < 1.29 is 9.53 Å². The zero-order valence-electron chi connectivity index (χ0n) is 21.7. The molecule has 0 amide bonds. The van der Waals surface area contributed by atoms with Crippen molar-refractivity contribution in [3.8, 4) is 28.6 Å². The fourth-order valence-electron chi connectivity index (χ4n) is 5.05. The SMILES string of the molecule is CNc1ccc(-c2c(C#N)c3ccc(-c4ccccn4)cc3n2C2CCC2)cc1Cl.C[C@@H](OC=O)C1CC1. The topological polar surface area (TPSA) is 79.9 Å². The molecule has 2 fully saturated rings. The molecule has 2 aromatic carbocycles. The normalized spacial score (nSPS) is 15.5. The maximum Gasteiger partial charge on any atom is 0.293 e. The summed E-state index contributed by atoms with van der Waals surface area (Å²) < 4.78 is 7.04. The fraction of sp³-hybridized carbons (Fsp3) is 0.323. The Balaban J connectivity index is 0.000000316. The zero-order chi connectivity index (χ0) is 26.6. The second-order valence-corrected chi connectivity index (χ2v) is 10.4. The average molecular weight is 527 g/mol. The molecule has 2 saturated carbocycles. The first-order valence-corrected chi connectivity index (χ1v) is 13.5. The number of fused-ring (bicyclic) bond motifs is 1. The molecule has 2 aliphatic carbocycles. The van der Waals surface area contributed by atoms with Crippen LogP contribution in [0.3, 0.4) is 0 Å². The molecule has 6 rings (SSSR count). The number of hydrogen-bond donors (Lipinski definition) is 1. The number of carbonyl (C=O) groups excluding carboxylic acids is 1. The van der Waals surface area contributed by atoms with E-state index in [1.165, 1.54) is 19.3 Å². The molecule has 194 valence electrons. The summed E-state index contributed by atoms with van der Waals surface area (Å²) in [5, 5.41) is 14.8. The number of benzene rings is 2. The van der Waals surface area contributed by atoms with Gasteiger partial charge in [-0.25, -0.2) is 0 Å². The summed E-state index contributed by atoms with van der Waals surface area (Å²) in [7, 11) is 1.85. The van der Waals surface area contributed by atoms with Gasteiger partial charge in [0.1, 0.15) is 12.2 Å². The first-order chi connectivity index (χ1) is 18.5. The maximum atomic E-state index is 10.1. The average Bonchev–Trinajstić information content (AvgIpc) is 3.72. The molecule has 38 heavy (non-hydrogen) atoms. The highest BCUT2D eigenvalue weighted by molar-refractivity contribution is 6.33. The number of nitrogens with zero attached hydrogens (tertiary/aromatic N) is 3. The summed E-state index contributed by atoms with van der Waals surface area (Å²) in [4.78, 5) is 14.2. The second-order valence-electron chi connectivity index (χ2n) is 9.96. The standard InChI is InChI=1S/C25H21ClN4.C6H10O2/c1-28-23-11-9-17(13-21(23)26)25-20(15-27)19-10-8-16(22-7-2-3-12-29-22)14-24(19)30(25)18-5-4-6-18;1-5(8-4-7)6-2-3-6/h2-3,7-14,18,28H,4-6H2,1H3;4-6H,2-3H2,1H3/t;5-/m.1/s1. The molecule has 0 aliphatic heterocycles. The van der Waals surface area contributed by atoms with Gasteiger partial charge in [-0.15, -0.1) is 0 Å². The first kappa shape index (κ1) is 25.8. The maximum absolute atomic E-state index is 10.1. The molecule has 0 bridgehead atoms. The highest BCUT2D eigenvalue weighted by Crippen LogP contribution is 2.44. The predicted molar refractivity (Wildman–Crippen MR) is 152 cm³/mol. The van der Waals surface area contributed by atoms with Gasteiger partial charge in [-0.2, -0.15) is 5.26 Å². The van der Waals surface area contributed by atoms with Gasteiger partial charge in [-0.3, -0.25) is 9.78 Å². The number of nitrogens with one attached hydrogen (secondary N) is 1. The van der Waals surface area contributed by atoms with Gasteiger partial charge in [-0.1, -0.05) is 35.9 Å². The van der Waals surface area contributed by atoms with Crippen molar-refractivity contribution in [3.63, 3.8) is 0 Å². The largest absolute Gasteiger partial charge is 0.465 e. The van der Waals surface area contributed by atoms with Crippen LogP contribution in [0, 0.1) is 17.2 Å². The van der Waals surface area contributed by atoms with Crippen LogP contribution in [0.15, 0.2) is 60.8 Å². The Morgan fingerprint density at radius 3 is 2.50 bits per heavy atom. The van der Waals surface area contributed by atoms with E-state index in [1.807, 2.05) is 56.6 Å². The monoisotopic (exact) mass is 526 g/mol. The van der Waals surface area contributed by atoms with Crippen molar-refractivity contribution in [2.45, 2.75) is 51.2 Å². The van der Waals surface area contributed by atoms with E-state index >= 15 is 0 Å². The van der Waals surface area contributed by atoms with Crippen LogP contribution < -0.4 is 5.32 Å². The molecule has 0 saturated heterocycles. The molecule has 0 unspecified atom stereocenters. The van der Waals surface area contributed by atoms with Crippen molar-refractivity contribution in [1.29, 1.82) is 5.26 Å². The van der Waals surface area contributed by atoms with Crippen LogP contribution in [0.2, 0.25) is 5.02 Å². The van der Waals surface area contributed by atoms with Crippen molar-refractivity contribution in [2.24, 2.45) is 5.92 Å². The minimum atomic E-state index is 0.160. The fourth-order valence-corrected chi connectivity index (χ4v) is 5.33. The van der Waals surface area contributed by atoms with E-state index in [9.17, 15) is 10.1 Å². The van der Waals surface area contributed by atoms with E-state index < -0.39 is 0 Å². The summed E-state index contributed by atoms with van der Waals surface area (Å²) in [6.45, 7) is 2.47. The molecular formula is C31H31ClN4O2. The molecular weight excluding hydrogens is 496 g/mol. The molecule has 0 radical (unpaired) electrons. The number of nitriles is 1. The quantitative estimate of drug-likeness (QED) is 0.250. The third-order valence-corrected chi connectivity index (χ3v) is 7.90. The van der Waals surface area contributed by atoms with E-state index in [2.05, 4.69) is 43.9 Å². The lowest BCUT2D eigenvalue weighted by molar-refractivity contribution is -0.133. The number of carbonyl (C=O) groups is 1. The first-order valence-electron chi connectivity index (χ1n) is 13.1. The van der Waals surface area contributed by atoms with Crippen LogP contribution in [-0.4, -0.2) is 29.2 Å². The summed E-state index contributed by atoms with van der Waals surface area (Å²) in [5.74, 6) is 0.667. The van der Waals surface area contributed by atoms with Gasteiger partial charge >= 0.3 is 0 Å². The van der Waals surface area contributed by atoms with Crippen LogP contribution >= 0.6 is 11.6 Å². The second kappa shape index (κ2) is 11.3. The van der Waals surface area contributed by atoms with Crippen molar-refractivity contribution in [1.82, 2.24) is 9.55 Å². The smallest absolute Gasteiger partial charge is 0.293 e. The molecule has 6 nitrogen and oxygen atoms in total. The lowest BCUT2D eigenvalue weighted by atomic mass is 9.92. The number of pyridine rings is 1. The van der Waals surface area contributed by atoms with Gasteiger partial charge in [0.2, 0.25) is 0 Å². The number of ether oxygens (including phenoxy) is 1.